The fraction of sp³-hybridized carbons (Fsp3) is 0. The van der Waals surface area contributed by atoms with Crippen molar-refractivity contribution in [1.82, 2.24) is 7.92 Å². The molecule has 26 heavy (non-hydrogen) atoms. The summed E-state index contributed by atoms with van der Waals surface area (Å²) in [5.74, 6) is -0.420. The van der Waals surface area contributed by atoms with Crippen molar-refractivity contribution in [2.45, 2.75) is 0 Å². The normalized spacial score (nSPS) is 23.3. The third-order valence-electron chi connectivity index (χ3n) is 2.88. The molecule has 1 aliphatic rings. The first-order valence-corrected chi connectivity index (χ1v) is 13.2. The van der Waals surface area contributed by atoms with Gasteiger partial charge < -0.3 is 9.05 Å². The van der Waals surface area contributed by atoms with E-state index in [9.17, 15) is 8.78 Å². The van der Waals surface area contributed by atoms with Crippen molar-refractivity contribution in [3.63, 3.8) is 0 Å². The van der Waals surface area contributed by atoms with Crippen LogP contribution in [0.2, 0.25) is 0 Å². The van der Waals surface area contributed by atoms with E-state index in [2.05, 4.69) is 4.52 Å². The Hall–Kier alpha value is 0.0700. The Bertz CT molecular complexity index is 782. The Morgan fingerprint density at radius 2 is 1.27 bits per heavy atom. The molecule has 0 bridgehead atoms. The highest BCUT2D eigenvalue weighted by atomic mass is 35.7. The largest absolute Gasteiger partial charge is 0.423 e. The molecule has 14 heteroatoms. The zero-order valence-electron chi connectivity index (χ0n) is 12.4. The third kappa shape index (κ3) is 4.55. The van der Waals surface area contributed by atoms with Crippen LogP contribution in [-0.2, 0) is 0 Å². The summed E-state index contributed by atoms with van der Waals surface area (Å²) in [7, 11) is -7.07. The zero-order chi connectivity index (χ0) is 18.9. The van der Waals surface area contributed by atoms with Gasteiger partial charge >= 0.3 is 7.66 Å². The summed E-state index contributed by atoms with van der Waals surface area (Å²) in [5.41, 5.74) is 0. The molecule has 2 atom stereocenters. The summed E-state index contributed by atoms with van der Waals surface area (Å²) in [6.45, 7) is 0. The molecule has 2 aromatic carbocycles. The Balaban J connectivity index is 2.04. The highest BCUT2D eigenvalue weighted by Gasteiger charge is 2.48. The Morgan fingerprint density at radius 3 is 1.69 bits per heavy atom. The van der Waals surface area contributed by atoms with Crippen LogP contribution in [0.1, 0.15) is 0 Å². The summed E-state index contributed by atoms with van der Waals surface area (Å²) >= 11 is 24.8. The predicted octanol–water partition coefficient (Wildman–Crippen LogP) is 8.23. The molecule has 2 aromatic rings. The number of rotatable bonds is 4. The molecule has 0 saturated heterocycles. The van der Waals surface area contributed by atoms with Crippen LogP contribution >= 0.6 is 68.8 Å². The van der Waals surface area contributed by atoms with E-state index < -0.39 is 34.4 Å². The minimum atomic E-state index is -3.46. The zero-order valence-corrected chi connectivity index (χ0v) is 18.1. The topological polar surface area (TPSA) is 37.3 Å². The minimum Gasteiger partial charge on any atom is -0.418 e. The standard InChI is InChI=1S/C12H8Cl4F2N3O2P3/c13-20-24(15)19-26(21(14)25(20)16,22-11-5-1-9(17)2-6-11)23-12-7-3-10(18)4-8-12/h1-8H. The molecule has 0 radical (unpaired) electrons. The summed E-state index contributed by atoms with van der Waals surface area (Å²) in [6, 6.07) is 10.3. The van der Waals surface area contributed by atoms with E-state index in [0.29, 0.717) is 0 Å². The maximum Gasteiger partial charge on any atom is 0.423 e. The van der Waals surface area contributed by atoms with E-state index in [1.807, 2.05) is 0 Å². The molecular weight excluding hydrogens is 491 g/mol. The molecule has 1 aliphatic heterocycles. The molecule has 140 valence electrons. The van der Waals surface area contributed by atoms with Crippen LogP contribution in [0.15, 0.2) is 53.0 Å². The molecule has 0 spiro atoms. The number of benzene rings is 2. The number of halogens is 6. The smallest absolute Gasteiger partial charge is 0.418 e. The van der Waals surface area contributed by atoms with Crippen molar-refractivity contribution in [1.29, 1.82) is 0 Å². The molecule has 0 amide bonds. The second-order valence-electron chi connectivity index (χ2n) is 4.63. The summed E-state index contributed by atoms with van der Waals surface area (Å²) in [6.07, 6.45) is 0. The van der Waals surface area contributed by atoms with Crippen molar-refractivity contribution < 1.29 is 17.8 Å². The van der Waals surface area contributed by atoms with Gasteiger partial charge in [-0.15, -0.1) is 3.96 Å². The molecule has 0 aromatic heterocycles. The average molecular weight is 499 g/mol. The van der Waals surface area contributed by atoms with Gasteiger partial charge in [-0.2, -0.15) is 4.52 Å². The summed E-state index contributed by atoms with van der Waals surface area (Å²) in [4.78, 5) is 0. The van der Waals surface area contributed by atoms with Crippen LogP contribution < -0.4 is 9.05 Å². The van der Waals surface area contributed by atoms with Gasteiger partial charge in [0.15, 0.2) is 7.58 Å². The van der Waals surface area contributed by atoms with Crippen LogP contribution in [-0.4, -0.2) is 7.92 Å². The molecule has 0 N–H and O–H groups in total. The number of nitrogens with zero attached hydrogens (tertiary/aromatic N) is 3. The van der Waals surface area contributed by atoms with Gasteiger partial charge in [-0.1, -0.05) is 15.2 Å². The lowest BCUT2D eigenvalue weighted by Gasteiger charge is -2.38. The highest BCUT2D eigenvalue weighted by molar-refractivity contribution is 8.01. The molecule has 1 heterocycles. The number of hydrogen-bond acceptors (Lipinski definition) is 5. The van der Waals surface area contributed by atoms with Crippen LogP contribution in [0, 0.1) is 11.6 Å². The minimum absolute atomic E-state index is 0.236. The van der Waals surface area contributed by atoms with Gasteiger partial charge in [0.05, 0.1) is 0 Å². The van der Waals surface area contributed by atoms with Crippen molar-refractivity contribution in [2.75, 3.05) is 0 Å². The van der Waals surface area contributed by atoms with E-state index in [1.54, 1.807) is 0 Å². The van der Waals surface area contributed by atoms with Crippen LogP contribution in [0.25, 0.3) is 0 Å². The molecule has 3 rings (SSSR count). The first-order valence-electron chi connectivity index (χ1n) is 6.67. The second kappa shape index (κ2) is 8.61. The van der Waals surface area contributed by atoms with Gasteiger partial charge in [0, 0.05) is 0 Å². The molecular formula is C12H8Cl4F2N3O2P3. The van der Waals surface area contributed by atoms with Gasteiger partial charge in [-0.25, -0.2) is 8.78 Å². The van der Waals surface area contributed by atoms with Crippen molar-refractivity contribution in [3.8, 4) is 11.5 Å². The molecule has 2 unspecified atom stereocenters. The van der Waals surface area contributed by atoms with E-state index >= 15 is 0 Å². The molecule has 5 nitrogen and oxygen atoms in total. The maximum atomic E-state index is 13.2. The lowest BCUT2D eigenvalue weighted by Crippen LogP contribution is -2.18. The average Bonchev–Trinajstić information content (AvgIpc) is 2.62. The van der Waals surface area contributed by atoms with Crippen LogP contribution in [0.3, 0.4) is 0 Å². The Kier molecular flexibility index (Phi) is 6.89. The Labute approximate surface area is 170 Å². The van der Waals surface area contributed by atoms with Crippen molar-refractivity contribution in [2.24, 2.45) is 4.52 Å². The van der Waals surface area contributed by atoms with Crippen molar-refractivity contribution in [3.05, 3.63) is 60.2 Å². The van der Waals surface area contributed by atoms with Crippen molar-refractivity contribution >= 4 is 68.8 Å². The van der Waals surface area contributed by atoms with Gasteiger partial charge in [-0.05, 0) is 83.3 Å². The summed E-state index contributed by atoms with van der Waals surface area (Å²) in [5, 5.41) is 0. The lowest BCUT2D eigenvalue weighted by atomic mass is 10.3. The lowest BCUT2D eigenvalue weighted by molar-refractivity contribution is 0.450. The fourth-order valence-corrected chi connectivity index (χ4v) is 11.7. The fourth-order valence-electron chi connectivity index (χ4n) is 1.76. The number of hydrogen-bond donors (Lipinski definition) is 0. The van der Waals surface area contributed by atoms with Gasteiger partial charge in [0.25, 0.3) is 0 Å². The molecule has 0 fully saturated rings. The molecule has 0 aliphatic carbocycles. The monoisotopic (exact) mass is 497 g/mol. The third-order valence-corrected chi connectivity index (χ3v) is 14.2. The van der Waals surface area contributed by atoms with Crippen LogP contribution in [0.5, 0.6) is 11.5 Å². The molecule has 0 saturated carbocycles. The Morgan fingerprint density at radius 1 is 0.846 bits per heavy atom. The van der Waals surface area contributed by atoms with E-state index in [-0.39, 0.29) is 11.5 Å². The first-order chi connectivity index (χ1) is 12.3. The quantitative estimate of drug-likeness (QED) is 0.314. The predicted molar refractivity (Wildman–Crippen MR) is 104 cm³/mol. The van der Waals surface area contributed by atoms with E-state index in [0.717, 1.165) is 7.92 Å². The van der Waals surface area contributed by atoms with Gasteiger partial charge in [-0.3, -0.25) is 0 Å². The SMILES string of the molecule is Fc1ccc(OP2(Oc3ccc(F)cc3)=NP(Cl)N(Cl)P(Cl)N2Cl)cc1. The second-order valence-corrected chi connectivity index (χ2v) is 13.3. The van der Waals surface area contributed by atoms with Crippen LogP contribution in [0.4, 0.5) is 8.78 Å². The van der Waals surface area contributed by atoms with Gasteiger partial charge in [0.2, 0.25) is 7.58 Å². The van der Waals surface area contributed by atoms with E-state index in [1.165, 1.54) is 48.5 Å². The van der Waals surface area contributed by atoms with E-state index in [4.69, 9.17) is 55.1 Å². The first kappa shape index (κ1) is 20.8. The highest BCUT2D eigenvalue weighted by Crippen LogP contribution is 2.82. The maximum absolute atomic E-state index is 13.2. The summed E-state index contributed by atoms with van der Waals surface area (Å²) < 4.78 is 44.5. The van der Waals surface area contributed by atoms with Gasteiger partial charge in [0.1, 0.15) is 23.1 Å².